The van der Waals surface area contributed by atoms with Gasteiger partial charge in [0.25, 0.3) is 11.7 Å². The number of pyridine rings is 1. The number of amides is 1. The van der Waals surface area contributed by atoms with Crippen molar-refractivity contribution in [3.8, 4) is 5.75 Å². The number of aromatic nitrogens is 1. The van der Waals surface area contributed by atoms with Crippen LogP contribution >= 0.6 is 11.3 Å². The number of furan rings is 1. The Bertz CT molecular complexity index is 1150. The maximum Gasteiger partial charge on any atom is 0.291 e. The zero-order valence-electron chi connectivity index (χ0n) is 17.6. The summed E-state index contributed by atoms with van der Waals surface area (Å²) in [4.78, 5) is 17.1. The number of hydrogen-bond acceptors (Lipinski definition) is 5. The molecule has 7 heteroatoms. The van der Waals surface area contributed by atoms with Crippen LogP contribution in [-0.4, -0.2) is 13.0 Å². The SMILES string of the molecule is COc1ccc([C@H](Nc2cccc[nH+]2)c2c(NC(=O)c3ccco3)sc(C)c2C)cc1. The van der Waals surface area contributed by atoms with Gasteiger partial charge in [0.2, 0.25) is 0 Å². The number of nitrogens with one attached hydrogen (secondary N) is 3. The summed E-state index contributed by atoms with van der Waals surface area (Å²) in [5, 5.41) is 7.42. The highest BCUT2D eigenvalue weighted by molar-refractivity contribution is 7.16. The van der Waals surface area contributed by atoms with Gasteiger partial charge in [-0.15, -0.1) is 11.3 Å². The van der Waals surface area contributed by atoms with Gasteiger partial charge in [0, 0.05) is 22.1 Å². The predicted molar refractivity (Wildman–Crippen MR) is 122 cm³/mol. The van der Waals surface area contributed by atoms with Crippen molar-refractivity contribution in [2.24, 2.45) is 0 Å². The Labute approximate surface area is 184 Å². The lowest BCUT2D eigenvalue weighted by Gasteiger charge is -2.18. The molecule has 0 fully saturated rings. The fourth-order valence-corrected chi connectivity index (χ4v) is 4.51. The molecule has 158 valence electrons. The molecular weight excluding hydrogens is 410 g/mol. The minimum absolute atomic E-state index is 0.193. The first-order valence-corrected chi connectivity index (χ1v) is 10.7. The Morgan fingerprint density at radius 2 is 1.90 bits per heavy atom. The van der Waals surface area contributed by atoms with Crippen LogP contribution in [0.15, 0.2) is 71.5 Å². The first kappa shape index (κ1) is 20.7. The van der Waals surface area contributed by atoms with Crippen LogP contribution in [0.5, 0.6) is 5.75 Å². The fraction of sp³-hybridized carbons (Fsp3) is 0.167. The van der Waals surface area contributed by atoms with Crippen LogP contribution in [0, 0.1) is 13.8 Å². The number of rotatable bonds is 7. The largest absolute Gasteiger partial charge is 0.497 e. The van der Waals surface area contributed by atoms with E-state index in [9.17, 15) is 4.79 Å². The van der Waals surface area contributed by atoms with Crippen molar-refractivity contribution in [1.29, 1.82) is 0 Å². The monoisotopic (exact) mass is 434 g/mol. The molecule has 1 amide bonds. The van der Waals surface area contributed by atoms with Crippen molar-refractivity contribution >= 4 is 28.1 Å². The van der Waals surface area contributed by atoms with Crippen LogP contribution in [-0.2, 0) is 0 Å². The zero-order valence-corrected chi connectivity index (χ0v) is 18.4. The van der Waals surface area contributed by atoms with Crippen LogP contribution in [0.4, 0.5) is 10.8 Å². The maximum absolute atomic E-state index is 12.7. The Hall–Kier alpha value is -3.58. The summed E-state index contributed by atoms with van der Waals surface area (Å²) in [6, 6.07) is 17.0. The Balaban J connectivity index is 1.77. The second kappa shape index (κ2) is 9.06. The van der Waals surface area contributed by atoms with Gasteiger partial charge in [-0.2, -0.15) is 0 Å². The molecule has 0 saturated carbocycles. The van der Waals surface area contributed by atoms with Gasteiger partial charge >= 0.3 is 0 Å². The van der Waals surface area contributed by atoms with E-state index in [-0.39, 0.29) is 17.7 Å². The molecule has 1 aromatic carbocycles. The molecule has 0 radical (unpaired) electrons. The third-order valence-corrected chi connectivity index (χ3v) is 6.29. The van der Waals surface area contributed by atoms with Crippen molar-refractivity contribution < 1.29 is 18.9 Å². The molecule has 3 heterocycles. The number of carbonyl (C=O) groups excluding carboxylic acids is 1. The number of anilines is 2. The molecule has 31 heavy (non-hydrogen) atoms. The number of thiophene rings is 1. The molecular formula is C24H24N3O3S+. The lowest BCUT2D eigenvalue weighted by Crippen LogP contribution is -2.21. The highest BCUT2D eigenvalue weighted by Crippen LogP contribution is 2.41. The van der Waals surface area contributed by atoms with E-state index in [1.807, 2.05) is 48.7 Å². The molecule has 3 N–H and O–H groups in total. The van der Waals surface area contributed by atoms with E-state index in [1.165, 1.54) is 6.26 Å². The predicted octanol–water partition coefficient (Wildman–Crippen LogP) is 5.23. The normalized spacial score (nSPS) is 11.7. The van der Waals surface area contributed by atoms with Gasteiger partial charge < -0.3 is 14.5 Å². The minimum Gasteiger partial charge on any atom is -0.497 e. The van der Waals surface area contributed by atoms with E-state index >= 15 is 0 Å². The van der Waals surface area contributed by atoms with Gasteiger partial charge in [0.15, 0.2) is 5.76 Å². The number of ether oxygens (including phenoxy) is 1. The number of H-pyrrole nitrogens is 1. The van der Waals surface area contributed by atoms with Gasteiger partial charge in [0.1, 0.15) is 16.8 Å². The maximum atomic E-state index is 12.7. The second-order valence-corrected chi connectivity index (χ2v) is 8.31. The molecule has 0 saturated heterocycles. The van der Waals surface area contributed by atoms with Crippen LogP contribution in [0.1, 0.15) is 38.2 Å². The number of carbonyl (C=O) groups is 1. The molecule has 1 atom stereocenters. The van der Waals surface area contributed by atoms with Crippen LogP contribution in [0.2, 0.25) is 0 Å². The summed E-state index contributed by atoms with van der Waals surface area (Å²) in [6.45, 7) is 4.14. The molecule has 0 unspecified atom stereocenters. The first-order valence-electron chi connectivity index (χ1n) is 9.88. The van der Waals surface area contributed by atoms with Gasteiger partial charge in [-0.3, -0.25) is 10.1 Å². The van der Waals surface area contributed by atoms with E-state index in [2.05, 4.69) is 29.5 Å². The molecule has 6 nitrogen and oxygen atoms in total. The van der Waals surface area contributed by atoms with Crippen molar-refractivity contribution in [3.05, 3.63) is 94.4 Å². The quantitative estimate of drug-likeness (QED) is 0.417. The summed E-state index contributed by atoms with van der Waals surface area (Å²) in [5.74, 6) is 1.67. The van der Waals surface area contributed by atoms with Gasteiger partial charge in [-0.25, -0.2) is 4.98 Å². The molecule has 0 spiro atoms. The smallest absolute Gasteiger partial charge is 0.291 e. The molecule has 4 rings (SSSR count). The van der Waals surface area contributed by atoms with E-state index in [4.69, 9.17) is 9.15 Å². The Morgan fingerprint density at radius 1 is 1.10 bits per heavy atom. The molecule has 4 aromatic rings. The third-order valence-electron chi connectivity index (χ3n) is 5.15. The van der Waals surface area contributed by atoms with Gasteiger partial charge in [-0.1, -0.05) is 18.2 Å². The summed E-state index contributed by atoms with van der Waals surface area (Å²) in [5.41, 5.74) is 3.20. The van der Waals surface area contributed by atoms with Crippen LogP contribution < -0.4 is 20.4 Å². The Morgan fingerprint density at radius 3 is 2.55 bits per heavy atom. The van der Waals surface area contributed by atoms with E-state index in [1.54, 1.807) is 30.6 Å². The van der Waals surface area contributed by atoms with E-state index in [0.717, 1.165) is 38.1 Å². The average Bonchev–Trinajstić information content (AvgIpc) is 3.42. The number of methoxy groups -OCH3 is 1. The standard InChI is InChI=1S/C24H23N3O3S/c1-15-16(2)31-24(27-23(28)19-7-6-14-30-19)21(15)22(26-20-8-4-5-13-25-20)17-9-11-18(29-3)12-10-17/h4-14,22H,1-3H3,(H,25,26)(H,27,28)/p+1/t22-/m0/s1. The van der Waals surface area contributed by atoms with Gasteiger partial charge in [0.05, 0.1) is 19.6 Å². The average molecular weight is 435 g/mol. The van der Waals surface area contributed by atoms with E-state index in [0.29, 0.717) is 0 Å². The molecule has 0 aliphatic rings. The molecule has 0 aliphatic heterocycles. The summed E-state index contributed by atoms with van der Waals surface area (Å²) in [6.07, 6.45) is 3.37. The summed E-state index contributed by atoms with van der Waals surface area (Å²) < 4.78 is 10.6. The van der Waals surface area contributed by atoms with Crippen molar-refractivity contribution in [1.82, 2.24) is 0 Å². The highest BCUT2D eigenvalue weighted by Gasteiger charge is 2.28. The first-order chi connectivity index (χ1) is 15.1. The molecule has 0 bridgehead atoms. The number of hydrogen-bond donors (Lipinski definition) is 2. The van der Waals surface area contributed by atoms with Crippen LogP contribution in [0.3, 0.4) is 0 Å². The van der Waals surface area contributed by atoms with Crippen LogP contribution in [0.25, 0.3) is 0 Å². The molecule has 0 aliphatic carbocycles. The third kappa shape index (κ3) is 4.46. The zero-order chi connectivity index (χ0) is 21.8. The second-order valence-electron chi connectivity index (χ2n) is 7.08. The topological polar surface area (TPSA) is 77.6 Å². The summed E-state index contributed by atoms with van der Waals surface area (Å²) >= 11 is 1.56. The lowest BCUT2D eigenvalue weighted by molar-refractivity contribution is -0.361. The Kier molecular flexibility index (Phi) is 6.04. The minimum atomic E-state index is -0.271. The van der Waals surface area contributed by atoms with Crippen molar-refractivity contribution in [3.63, 3.8) is 0 Å². The van der Waals surface area contributed by atoms with Crippen molar-refractivity contribution in [2.75, 3.05) is 17.7 Å². The van der Waals surface area contributed by atoms with E-state index < -0.39 is 0 Å². The number of aryl methyl sites for hydroxylation is 1. The molecule has 3 aromatic heterocycles. The lowest BCUT2D eigenvalue weighted by atomic mass is 9.96. The number of benzene rings is 1. The summed E-state index contributed by atoms with van der Waals surface area (Å²) in [7, 11) is 1.65. The number of aromatic amines is 1. The fourth-order valence-electron chi connectivity index (χ4n) is 3.41. The highest BCUT2D eigenvalue weighted by atomic mass is 32.1. The van der Waals surface area contributed by atoms with Gasteiger partial charge in [-0.05, 0) is 49.7 Å². The van der Waals surface area contributed by atoms with Crippen molar-refractivity contribution in [2.45, 2.75) is 19.9 Å².